The van der Waals surface area contributed by atoms with Crippen LogP contribution >= 0.6 is 0 Å². The number of nitrogens with zero attached hydrogens (tertiary/aromatic N) is 1. The van der Waals surface area contributed by atoms with Gasteiger partial charge in [0.15, 0.2) is 0 Å². The number of aliphatic hydroxyl groups is 1. The van der Waals surface area contributed by atoms with Crippen molar-refractivity contribution in [3.8, 4) is 0 Å². The van der Waals surface area contributed by atoms with Crippen LogP contribution in [0.25, 0.3) is 0 Å². The molecule has 0 rings (SSSR count). The molecule has 4 heteroatoms. The normalized spacial score (nSPS) is 15.2. The summed E-state index contributed by atoms with van der Waals surface area (Å²) in [5.74, 6) is 0. The molecule has 0 radical (unpaired) electrons. The van der Waals surface area contributed by atoms with Crippen molar-refractivity contribution in [2.45, 2.75) is 64.5 Å². The maximum Gasteiger partial charge on any atom is 0.0741 e. The molecule has 1 atom stereocenters. The van der Waals surface area contributed by atoms with Crippen LogP contribution < -0.4 is 5.73 Å². The first-order chi connectivity index (χ1) is 9.00. The van der Waals surface area contributed by atoms with Crippen LogP contribution in [0.3, 0.4) is 0 Å². The fourth-order valence-corrected chi connectivity index (χ4v) is 2.41. The van der Waals surface area contributed by atoms with E-state index in [0.29, 0.717) is 12.6 Å². The van der Waals surface area contributed by atoms with Crippen molar-refractivity contribution < 1.29 is 9.84 Å². The summed E-state index contributed by atoms with van der Waals surface area (Å²) in [6.45, 7) is 9.51. The van der Waals surface area contributed by atoms with Crippen LogP contribution in [0, 0.1) is 0 Å². The van der Waals surface area contributed by atoms with E-state index >= 15 is 0 Å². The molecule has 0 aliphatic carbocycles. The van der Waals surface area contributed by atoms with Gasteiger partial charge in [-0.3, -0.25) is 4.90 Å². The standard InChI is InChI=1S/C15H34N2O2/c1-5-14(6-2)17(11-12-19-4)10-8-7-9-15(3,18)13-16/h14,18H,5-13,16H2,1-4H3. The third kappa shape index (κ3) is 8.58. The van der Waals surface area contributed by atoms with Crippen molar-refractivity contribution >= 4 is 0 Å². The van der Waals surface area contributed by atoms with Gasteiger partial charge in [-0.05, 0) is 45.6 Å². The summed E-state index contributed by atoms with van der Waals surface area (Å²) in [6, 6.07) is 0.644. The van der Waals surface area contributed by atoms with E-state index in [4.69, 9.17) is 10.5 Å². The monoisotopic (exact) mass is 274 g/mol. The number of hydrogen-bond acceptors (Lipinski definition) is 4. The van der Waals surface area contributed by atoms with Crippen LogP contribution in [-0.2, 0) is 4.74 Å². The van der Waals surface area contributed by atoms with Crippen molar-refractivity contribution in [3.63, 3.8) is 0 Å². The Bertz CT molecular complexity index is 206. The molecule has 0 heterocycles. The van der Waals surface area contributed by atoms with Gasteiger partial charge in [0.1, 0.15) is 0 Å². The highest BCUT2D eigenvalue weighted by molar-refractivity contribution is 4.74. The predicted molar refractivity (Wildman–Crippen MR) is 81.3 cm³/mol. The van der Waals surface area contributed by atoms with Gasteiger partial charge in [-0.25, -0.2) is 0 Å². The van der Waals surface area contributed by atoms with E-state index in [1.165, 1.54) is 12.8 Å². The van der Waals surface area contributed by atoms with Crippen LogP contribution in [0.4, 0.5) is 0 Å². The summed E-state index contributed by atoms with van der Waals surface area (Å²) in [4.78, 5) is 2.51. The summed E-state index contributed by atoms with van der Waals surface area (Å²) in [5, 5.41) is 9.87. The Labute approximate surface area is 119 Å². The molecule has 0 spiro atoms. The highest BCUT2D eigenvalue weighted by Gasteiger charge is 2.18. The molecule has 0 fully saturated rings. The number of methoxy groups -OCH3 is 1. The van der Waals surface area contributed by atoms with Gasteiger partial charge in [0, 0.05) is 26.2 Å². The van der Waals surface area contributed by atoms with Gasteiger partial charge in [0.05, 0.1) is 12.2 Å². The fraction of sp³-hybridized carbons (Fsp3) is 1.00. The summed E-state index contributed by atoms with van der Waals surface area (Å²) in [7, 11) is 1.75. The van der Waals surface area contributed by atoms with Gasteiger partial charge in [-0.1, -0.05) is 13.8 Å². The maximum atomic E-state index is 9.87. The minimum absolute atomic E-state index is 0.340. The largest absolute Gasteiger partial charge is 0.389 e. The Balaban J connectivity index is 4.04. The summed E-state index contributed by atoms with van der Waals surface area (Å²) in [6.07, 6.45) is 5.27. The molecule has 3 N–H and O–H groups in total. The number of unbranched alkanes of at least 4 members (excludes halogenated alkanes) is 1. The van der Waals surface area contributed by atoms with Gasteiger partial charge in [0.25, 0.3) is 0 Å². The molecular formula is C15H34N2O2. The average Bonchev–Trinajstić information content (AvgIpc) is 2.41. The van der Waals surface area contributed by atoms with E-state index < -0.39 is 5.60 Å². The van der Waals surface area contributed by atoms with Gasteiger partial charge in [-0.2, -0.15) is 0 Å². The van der Waals surface area contributed by atoms with Gasteiger partial charge < -0.3 is 15.6 Å². The van der Waals surface area contributed by atoms with Crippen LogP contribution in [0.1, 0.15) is 52.9 Å². The topological polar surface area (TPSA) is 58.7 Å². The quantitative estimate of drug-likeness (QED) is 0.534. The van der Waals surface area contributed by atoms with E-state index in [2.05, 4.69) is 18.7 Å². The Hall–Kier alpha value is -0.160. The van der Waals surface area contributed by atoms with Crippen LogP contribution in [0.15, 0.2) is 0 Å². The molecule has 0 aromatic carbocycles. The number of rotatable bonds is 12. The highest BCUT2D eigenvalue weighted by Crippen LogP contribution is 2.14. The molecular weight excluding hydrogens is 240 g/mol. The van der Waals surface area contributed by atoms with Gasteiger partial charge >= 0.3 is 0 Å². The second kappa shape index (κ2) is 10.6. The molecule has 0 aromatic rings. The average molecular weight is 274 g/mol. The van der Waals surface area contributed by atoms with Crippen molar-refractivity contribution in [1.29, 1.82) is 0 Å². The third-order valence-corrected chi connectivity index (χ3v) is 3.89. The summed E-state index contributed by atoms with van der Waals surface area (Å²) < 4.78 is 5.19. The molecule has 0 aromatic heterocycles. The van der Waals surface area contributed by atoms with Gasteiger partial charge in [-0.15, -0.1) is 0 Å². The van der Waals surface area contributed by atoms with E-state index in [9.17, 15) is 5.11 Å². The molecule has 0 amide bonds. The van der Waals surface area contributed by atoms with E-state index in [1.807, 2.05) is 6.92 Å². The summed E-state index contributed by atoms with van der Waals surface area (Å²) in [5.41, 5.74) is 4.83. The lowest BCUT2D eigenvalue weighted by molar-refractivity contribution is 0.0547. The zero-order chi connectivity index (χ0) is 14.7. The molecule has 0 aliphatic rings. The third-order valence-electron chi connectivity index (χ3n) is 3.89. The van der Waals surface area contributed by atoms with Crippen molar-refractivity contribution in [2.75, 3.05) is 33.4 Å². The maximum absolute atomic E-state index is 9.87. The van der Waals surface area contributed by atoms with E-state index in [0.717, 1.165) is 39.0 Å². The highest BCUT2D eigenvalue weighted by atomic mass is 16.5. The molecule has 4 nitrogen and oxygen atoms in total. The minimum Gasteiger partial charge on any atom is -0.389 e. The van der Waals surface area contributed by atoms with Gasteiger partial charge in [0.2, 0.25) is 0 Å². The molecule has 116 valence electrons. The number of hydrogen-bond donors (Lipinski definition) is 2. The van der Waals surface area contributed by atoms with Crippen molar-refractivity contribution in [1.82, 2.24) is 4.90 Å². The van der Waals surface area contributed by atoms with E-state index in [-0.39, 0.29) is 0 Å². The number of ether oxygens (including phenoxy) is 1. The lowest BCUT2D eigenvalue weighted by Gasteiger charge is -2.30. The zero-order valence-electron chi connectivity index (χ0n) is 13.3. The lowest BCUT2D eigenvalue weighted by atomic mass is 9.99. The van der Waals surface area contributed by atoms with Crippen molar-refractivity contribution in [3.05, 3.63) is 0 Å². The van der Waals surface area contributed by atoms with Crippen LogP contribution in [0.5, 0.6) is 0 Å². The van der Waals surface area contributed by atoms with Crippen LogP contribution in [0.2, 0.25) is 0 Å². The first-order valence-electron chi connectivity index (χ1n) is 7.66. The Morgan fingerprint density at radius 1 is 1.21 bits per heavy atom. The lowest BCUT2D eigenvalue weighted by Crippen LogP contribution is -2.38. The molecule has 19 heavy (non-hydrogen) atoms. The van der Waals surface area contributed by atoms with Crippen molar-refractivity contribution in [2.24, 2.45) is 5.73 Å². The molecule has 0 bridgehead atoms. The van der Waals surface area contributed by atoms with Crippen LogP contribution in [-0.4, -0.2) is 55.0 Å². The molecule has 0 aliphatic heterocycles. The van der Waals surface area contributed by atoms with E-state index in [1.54, 1.807) is 7.11 Å². The first kappa shape index (κ1) is 18.8. The summed E-state index contributed by atoms with van der Waals surface area (Å²) >= 11 is 0. The molecule has 1 unspecified atom stereocenters. The molecule has 0 saturated carbocycles. The Kier molecular flexibility index (Phi) is 10.5. The Morgan fingerprint density at radius 3 is 2.32 bits per heavy atom. The minimum atomic E-state index is -0.702. The number of nitrogens with two attached hydrogens (primary N) is 1. The smallest absolute Gasteiger partial charge is 0.0741 e. The second-order valence-corrected chi connectivity index (χ2v) is 5.66. The fourth-order valence-electron chi connectivity index (χ4n) is 2.41. The second-order valence-electron chi connectivity index (χ2n) is 5.66. The SMILES string of the molecule is CCC(CC)N(CCCCC(C)(O)CN)CCOC. The Morgan fingerprint density at radius 2 is 1.84 bits per heavy atom. The molecule has 0 saturated heterocycles. The predicted octanol–water partition coefficient (Wildman–Crippen LogP) is 2.00. The zero-order valence-corrected chi connectivity index (χ0v) is 13.3. The first-order valence-corrected chi connectivity index (χ1v) is 7.66.